The molecule has 4 heteroatoms. The summed E-state index contributed by atoms with van der Waals surface area (Å²) in [7, 11) is 0. The number of benzene rings is 1. The first-order chi connectivity index (χ1) is 7.91. The summed E-state index contributed by atoms with van der Waals surface area (Å²) < 4.78 is 0. The number of hydrogen-bond acceptors (Lipinski definition) is 2. The summed E-state index contributed by atoms with van der Waals surface area (Å²) in [6.45, 7) is 4.04. The molecule has 1 rings (SSSR count). The van der Waals surface area contributed by atoms with Crippen molar-refractivity contribution >= 4 is 23.4 Å². The van der Waals surface area contributed by atoms with Gasteiger partial charge in [0.15, 0.2) is 5.78 Å². The van der Waals surface area contributed by atoms with Crippen LogP contribution in [0.5, 0.6) is 0 Å². The number of halogens is 1. The molecule has 0 saturated heterocycles. The Morgan fingerprint density at radius 2 is 1.94 bits per heavy atom. The quantitative estimate of drug-likeness (QED) is 0.818. The molecule has 0 radical (unpaired) electrons. The summed E-state index contributed by atoms with van der Waals surface area (Å²) in [5.74, 6) is -0.862. The average molecular weight is 255 g/mol. The van der Waals surface area contributed by atoms with E-state index in [1.807, 2.05) is 19.9 Å². The molecule has 3 nitrogen and oxygen atoms in total. The number of carbonyl (C=O) groups excluding carboxylic acids is 1. The fourth-order valence-electron chi connectivity index (χ4n) is 1.53. The highest BCUT2D eigenvalue weighted by Crippen LogP contribution is 2.25. The predicted octanol–water partition coefficient (Wildman–Crippen LogP) is 3.51. The molecular formula is C13H15ClO3. The molecule has 0 aliphatic heterocycles. The first-order valence-electron chi connectivity index (χ1n) is 5.46. The van der Waals surface area contributed by atoms with Crippen LogP contribution in [0.4, 0.5) is 0 Å². The van der Waals surface area contributed by atoms with Gasteiger partial charge < -0.3 is 5.11 Å². The van der Waals surface area contributed by atoms with Gasteiger partial charge in [-0.2, -0.15) is 0 Å². The van der Waals surface area contributed by atoms with Crippen molar-refractivity contribution in [2.24, 2.45) is 0 Å². The maximum absolute atomic E-state index is 11.7. The Balaban J connectivity index is 2.83. The van der Waals surface area contributed by atoms with E-state index in [0.29, 0.717) is 16.5 Å². The Labute approximate surface area is 105 Å². The highest BCUT2D eigenvalue weighted by molar-refractivity contribution is 6.31. The number of rotatable bonds is 5. The molecule has 92 valence electrons. The molecule has 0 heterocycles. The van der Waals surface area contributed by atoms with Crippen LogP contribution in [0.25, 0.3) is 0 Å². The zero-order valence-electron chi connectivity index (χ0n) is 9.87. The Hall–Kier alpha value is -1.35. The van der Waals surface area contributed by atoms with Gasteiger partial charge in [0, 0.05) is 17.0 Å². The molecule has 17 heavy (non-hydrogen) atoms. The lowest BCUT2D eigenvalue weighted by Gasteiger charge is -2.09. The molecule has 0 bridgehead atoms. The zero-order chi connectivity index (χ0) is 13.0. The first-order valence-corrected chi connectivity index (χ1v) is 5.84. The Morgan fingerprint density at radius 1 is 1.29 bits per heavy atom. The van der Waals surface area contributed by atoms with Gasteiger partial charge in [-0.25, -0.2) is 0 Å². The molecule has 0 spiro atoms. The minimum Gasteiger partial charge on any atom is -0.481 e. The fourth-order valence-corrected chi connectivity index (χ4v) is 1.93. The molecule has 0 aliphatic carbocycles. The number of Topliss-reactive ketones (excluding diaryl/α,β-unsaturated/α-hetero) is 1. The summed E-state index contributed by atoms with van der Waals surface area (Å²) in [4.78, 5) is 22.0. The van der Waals surface area contributed by atoms with Crippen LogP contribution in [0, 0.1) is 0 Å². The van der Waals surface area contributed by atoms with Gasteiger partial charge in [-0.15, -0.1) is 0 Å². The number of carbonyl (C=O) groups is 2. The lowest BCUT2D eigenvalue weighted by Crippen LogP contribution is -2.04. The summed E-state index contributed by atoms with van der Waals surface area (Å²) in [6.07, 6.45) is -0.144. The highest BCUT2D eigenvalue weighted by Gasteiger charge is 2.11. The second-order valence-electron chi connectivity index (χ2n) is 4.21. The van der Waals surface area contributed by atoms with Crippen LogP contribution < -0.4 is 0 Å². The van der Waals surface area contributed by atoms with Crippen molar-refractivity contribution in [2.45, 2.75) is 32.6 Å². The van der Waals surface area contributed by atoms with Crippen LogP contribution in [0.15, 0.2) is 18.2 Å². The minimum absolute atomic E-state index is 0.00663. The van der Waals surface area contributed by atoms with Gasteiger partial charge in [-0.05, 0) is 17.5 Å². The zero-order valence-corrected chi connectivity index (χ0v) is 10.6. The molecule has 1 aromatic carbocycles. The third-order valence-corrected chi connectivity index (χ3v) is 2.84. The Morgan fingerprint density at radius 3 is 2.41 bits per heavy atom. The molecular weight excluding hydrogens is 240 g/mol. The third-order valence-electron chi connectivity index (χ3n) is 2.51. The van der Waals surface area contributed by atoms with E-state index in [9.17, 15) is 9.59 Å². The summed E-state index contributed by atoms with van der Waals surface area (Å²) in [5.41, 5.74) is 1.46. The van der Waals surface area contributed by atoms with Gasteiger partial charge in [0.25, 0.3) is 0 Å². The van der Waals surface area contributed by atoms with Gasteiger partial charge in [0.1, 0.15) is 0 Å². The molecule has 0 aromatic heterocycles. The minimum atomic E-state index is -0.969. The van der Waals surface area contributed by atoms with Crippen LogP contribution in [0.2, 0.25) is 5.02 Å². The Bertz CT molecular complexity index is 438. The summed E-state index contributed by atoms with van der Waals surface area (Å²) >= 11 is 6.06. The van der Waals surface area contributed by atoms with Crippen molar-refractivity contribution in [3.05, 3.63) is 34.3 Å². The van der Waals surface area contributed by atoms with Crippen molar-refractivity contribution in [3.8, 4) is 0 Å². The number of hydrogen-bond donors (Lipinski definition) is 1. The third kappa shape index (κ3) is 3.86. The largest absolute Gasteiger partial charge is 0.481 e. The molecule has 0 unspecified atom stereocenters. The van der Waals surface area contributed by atoms with Gasteiger partial charge in [-0.3, -0.25) is 9.59 Å². The second-order valence-corrected chi connectivity index (χ2v) is 4.62. The van der Waals surface area contributed by atoms with Gasteiger partial charge in [0.05, 0.1) is 6.42 Å². The maximum Gasteiger partial charge on any atom is 0.303 e. The van der Waals surface area contributed by atoms with Crippen molar-refractivity contribution in [3.63, 3.8) is 0 Å². The van der Waals surface area contributed by atoms with Crippen molar-refractivity contribution in [1.29, 1.82) is 0 Å². The lowest BCUT2D eigenvalue weighted by molar-refractivity contribution is -0.136. The normalized spacial score (nSPS) is 10.6. The van der Waals surface area contributed by atoms with Crippen molar-refractivity contribution in [2.75, 3.05) is 0 Å². The number of carboxylic acid groups (broad SMARTS) is 1. The van der Waals surface area contributed by atoms with Gasteiger partial charge >= 0.3 is 5.97 Å². The molecule has 0 amide bonds. The van der Waals surface area contributed by atoms with E-state index < -0.39 is 5.97 Å². The molecule has 1 N–H and O–H groups in total. The topological polar surface area (TPSA) is 54.4 Å². The molecule has 0 saturated carbocycles. The Kier molecular flexibility index (Phi) is 4.70. The smallest absolute Gasteiger partial charge is 0.303 e. The van der Waals surface area contributed by atoms with Gasteiger partial charge in [0.2, 0.25) is 0 Å². The SMILES string of the molecule is CC(C)c1ccc(C(=O)CCC(=O)O)cc1Cl. The second kappa shape index (κ2) is 5.82. The van der Waals surface area contributed by atoms with Crippen LogP contribution >= 0.6 is 11.6 Å². The van der Waals surface area contributed by atoms with Gasteiger partial charge in [-0.1, -0.05) is 37.6 Å². The van der Waals surface area contributed by atoms with Crippen LogP contribution in [-0.4, -0.2) is 16.9 Å². The molecule has 0 aliphatic rings. The number of carboxylic acids is 1. The maximum atomic E-state index is 11.7. The van der Waals surface area contributed by atoms with Crippen LogP contribution in [0.3, 0.4) is 0 Å². The number of ketones is 1. The summed E-state index contributed by atoms with van der Waals surface area (Å²) in [5, 5.41) is 9.06. The van der Waals surface area contributed by atoms with E-state index in [0.717, 1.165) is 5.56 Å². The predicted molar refractivity (Wildman–Crippen MR) is 66.7 cm³/mol. The van der Waals surface area contributed by atoms with Crippen molar-refractivity contribution in [1.82, 2.24) is 0 Å². The number of aliphatic carboxylic acids is 1. The van der Waals surface area contributed by atoms with E-state index in [2.05, 4.69) is 0 Å². The monoisotopic (exact) mass is 254 g/mol. The standard InChI is InChI=1S/C13H15ClO3/c1-8(2)10-4-3-9(7-11(10)14)12(15)5-6-13(16)17/h3-4,7-8H,5-6H2,1-2H3,(H,16,17). The summed E-state index contributed by atoms with van der Waals surface area (Å²) in [6, 6.07) is 5.13. The van der Waals surface area contributed by atoms with E-state index in [-0.39, 0.29) is 18.6 Å². The van der Waals surface area contributed by atoms with E-state index >= 15 is 0 Å². The van der Waals surface area contributed by atoms with Crippen molar-refractivity contribution < 1.29 is 14.7 Å². The van der Waals surface area contributed by atoms with Crippen LogP contribution in [0.1, 0.15) is 48.5 Å². The van der Waals surface area contributed by atoms with E-state index in [1.54, 1.807) is 12.1 Å². The highest BCUT2D eigenvalue weighted by atomic mass is 35.5. The van der Waals surface area contributed by atoms with E-state index in [4.69, 9.17) is 16.7 Å². The molecule has 1 aromatic rings. The van der Waals surface area contributed by atoms with E-state index in [1.165, 1.54) is 0 Å². The molecule has 0 fully saturated rings. The van der Waals surface area contributed by atoms with Crippen LogP contribution in [-0.2, 0) is 4.79 Å². The first kappa shape index (κ1) is 13.7. The fraction of sp³-hybridized carbons (Fsp3) is 0.385. The average Bonchev–Trinajstić information content (AvgIpc) is 2.25. The molecule has 0 atom stereocenters. The lowest BCUT2D eigenvalue weighted by atomic mass is 9.99.